The molecule has 1 aliphatic rings. The normalized spacial score (nSPS) is 19.0. The van der Waals surface area contributed by atoms with Gasteiger partial charge >= 0.3 is 17.9 Å². The second-order valence-corrected chi connectivity index (χ2v) is 7.97. The molecule has 3 N–H and O–H groups in total. The molecular weight excluding hydrogens is 462 g/mol. The molecule has 1 aliphatic heterocycles. The minimum absolute atomic E-state index is 0.279. The van der Waals surface area contributed by atoms with E-state index in [1.54, 1.807) is 0 Å². The van der Waals surface area contributed by atoms with E-state index in [1.165, 1.54) is 6.92 Å². The van der Waals surface area contributed by atoms with Crippen LogP contribution in [0.5, 0.6) is 0 Å². The van der Waals surface area contributed by atoms with Crippen LogP contribution in [0.4, 0.5) is 0 Å². The highest BCUT2D eigenvalue weighted by Gasteiger charge is 2.43. The number of benzene rings is 1. The van der Waals surface area contributed by atoms with Crippen LogP contribution in [0.1, 0.15) is 18.9 Å². The number of ether oxygens (including phenoxy) is 3. The van der Waals surface area contributed by atoms with Crippen LogP contribution in [0.15, 0.2) is 30.3 Å². The van der Waals surface area contributed by atoms with Gasteiger partial charge in [0.15, 0.2) is 5.92 Å². The molecule has 190 valence electrons. The molecule has 0 radical (unpaired) electrons. The second kappa shape index (κ2) is 12.5. The summed E-state index contributed by atoms with van der Waals surface area (Å²) >= 11 is 0. The van der Waals surface area contributed by atoms with Gasteiger partial charge in [-0.2, -0.15) is 0 Å². The third-order valence-corrected chi connectivity index (χ3v) is 5.67. The summed E-state index contributed by atoms with van der Waals surface area (Å²) in [5.74, 6) is -7.30. The topological polar surface area (TPSA) is 166 Å². The Labute approximate surface area is 202 Å². The van der Waals surface area contributed by atoms with Crippen LogP contribution in [0.3, 0.4) is 0 Å². The number of rotatable bonds is 10. The number of nitrogens with one attached hydrogen (secondary N) is 3. The first kappa shape index (κ1) is 27.3. The summed E-state index contributed by atoms with van der Waals surface area (Å²) in [5, 5.41) is 7.49. The zero-order chi connectivity index (χ0) is 26.1. The highest BCUT2D eigenvalue weighted by atomic mass is 16.5. The van der Waals surface area contributed by atoms with Crippen LogP contribution >= 0.6 is 0 Å². The van der Waals surface area contributed by atoms with Crippen molar-refractivity contribution in [2.75, 3.05) is 21.3 Å². The maximum atomic E-state index is 12.7. The van der Waals surface area contributed by atoms with Crippen LogP contribution < -0.4 is 16.0 Å². The Morgan fingerprint density at radius 1 is 0.857 bits per heavy atom. The highest BCUT2D eigenvalue weighted by molar-refractivity contribution is 6.00. The van der Waals surface area contributed by atoms with Crippen LogP contribution in [-0.2, 0) is 49.4 Å². The number of amides is 3. The van der Waals surface area contributed by atoms with E-state index in [-0.39, 0.29) is 6.42 Å². The van der Waals surface area contributed by atoms with Crippen LogP contribution in [0, 0.1) is 11.8 Å². The Hall–Kier alpha value is -3.96. The van der Waals surface area contributed by atoms with Crippen molar-refractivity contribution in [3.63, 3.8) is 0 Å². The molecule has 0 aliphatic carbocycles. The largest absolute Gasteiger partial charge is 0.468 e. The van der Waals surface area contributed by atoms with Crippen molar-refractivity contribution in [2.24, 2.45) is 11.8 Å². The molecule has 0 spiro atoms. The fourth-order valence-electron chi connectivity index (χ4n) is 3.73. The summed E-state index contributed by atoms with van der Waals surface area (Å²) in [6.45, 7) is 1.36. The van der Waals surface area contributed by atoms with Crippen molar-refractivity contribution in [3.8, 4) is 0 Å². The van der Waals surface area contributed by atoms with Crippen LogP contribution in [0.2, 0.25) is 0 Å². The average Bonchev–Trinajstić information content (AvgIpc) is 2.85. The first-order valence-electron chi connectivity index (χ1n) is 10.8. The first-order chi connectivity index (χ1) is 16.6. The molecule has 2 rings (SSSR count). The molecule has 0 saturated carbocycles. The van der Waals surface area contributed by atoms with Crippen molar-refractivity contribution in [2.45, 2.75) is 37.9 Å². The summed E-state index contributed by atoms with van der Waals surface area (Å²) in [6, 6.07) is 5.69. The lowest BCUT2D eigenvalue weighted by molar-refractivity contribution is -0.163. The SMILES string of the molecule is COC(=O)C(C(=O)OC)[C@H](C)[C@@H](NC(=O)C[C@@H]1NC(=O)[C@H](Cc2ccccc2)NC1=O)C(=O)OC. The quantitative estimate of drug-likeness (QED) is 0.208. The highest BCUT2D eigenvalue weighted by Crippen LogP contribution is 2.21. The number of methoxy groups -OCH3 is 3. The second-order valence-electron chi connectivity index (χ2n) is 7.97. The van der Waals surface area contributed by atoms with Gasteiger partial charge in [-0.1, -0.05) is 37.3 Å². The molecule has 4 atom stereocenters. The molecule has 1 saturated heterocycles. The molecule has 1 aromatic rings. The summed E-state index contributed by atoms with van der Waals surface area (Å²) in [4.78, 5) is 74.3. The zero-order valence-electron chi connectivity index (χ0n) is 19.9. The summed E-state index contributed by atoms with van der Waals surface area (Å²) < 4.78 is 13.9. The van der Waals surface area contributed by atoms with E-state index in [4.69, 9.17) is 4.74 Å². The van der Waals surface area contributed by atoms with E-state index >= 15 is 0 Å². The van der Waals surface area contributed by atoms with Crippen LogP contribution in [0.25, 0.3) is 0 Å². The van der Waals surface area contributed by atoms with Gasteiger partial charge in [0.2, 0.25) is 17.7 Å². The van der Waals surface area contributed by atoms with E-state index in [2.05, 4.69) is 25.4 Å². The van der Waals surface area contributed by atoms with Crippen molar-refractivity contribution in [1.82, 2.24) is 16.0 Å². The Kier molecular flexibility index (Phi) is 9.74. The predicted molar refractivity (Wildman–Crippen MR) is 119 cm³/mol. The fourth-order valence-corrected chi connectivity index (χ4v) is 3.73. The standard InChI is InChI=1S/C23H29N3O9/c1-12(17(21(30)33-2)22(31)34-3)18(23(32)35-4)26-16(27)11-15-20(29)24-14(19(28)25-15)10-13-8-6-5-7-9-13/h5-9,12,14-15,17-18H,10-11H2,1-4H3,(H,24,29)(H,25,28)(H,26,27)/t12-,14-,15-,18+/m0/s1. The maximum absolute atomic E-state index is 12.7. The number of hydrogen-bond acceptors (Lipinski definition) is 9. The van der Waals surface area contributed by atoms with E-state index < -0.39 is 72.0 Å². The molecular formula is C23H29N3O9. The minimum Gasteiger partial charge on any atom is -0.468 e. The minimum atomic E-state index is -1.52. The lowest BCUT2D eigenvalue weighted by atomic mass is 9.87. The Bertz CT molecular complexity index is 950. The van der Waals surface area contributed by atoms with Crippen LogP contribution in [-0.4, -0.2) is 75.1 Å². The van der Waals surface area contributed by atoms with Crippen molar-refractivity contribution in [3.05, 3.63) is 35.9 Å². The lowest BCUT2D eigenvalue weighted by Crippen LogP contribution is -2.63. The van der Waals surface area contributed by atoms with Gasteiger partial charge in [-0.3, -0.25) is 24.0 Å². The van der Waals surface area contributed by atoms with Gasteiger partial charge in [-0.25, -0.2) is 4.79 Å². The van der Waals surface area contributed by atoms with Gasteiger partial charge < -0.3 is 30.2 Å². The molecule has 1 heterocycles. The zero-order valence-corrected chi connectivity index (χ0v) is 19.9. The molecule has 35 heavy (non-hydrogen) atoms. The van der Waals surface area contributed by atoms with Crippen molar-refractivity contribution in [1.29, 1.82) is 0 Å². The van der Waals surface area contributed by atoms with Crippen molar-refractivity contribution < 1.29 is 43.0 Å². The lowest BCUT2D eigenvalue weighted by Gasteiger charge is -2.30. The molecule has 1 fully saturated rings. The third-order valence-electron chi connectivity index (χ3n) is 5.67. The Morgan fingerprint density at radius 3 is 1.91 bits per heavy atom. The van der Waals surface area contributed by atoms with E-state index in [1.807, 2.05) is 30.3 Å². The van der Waals surface area contributed by atoms with Gasteiger partial charge in [-0.05, 0) is 5.56 Å². The van der Waals surface area contributed by atoms with E-state index in [0.29, 0.717) is 0 Å². The Balaban J connectivity index is 2.07. The maximum Gasteiger partial charge on any atom is 0.328 e. The van der Waals surface area contributed by atoms with Gasteiger partial charge in [0.05, 0.1) is 27.8 Å². The molecule has 12 nitrogen and oxygen atoms in total. The summed E-state index contributed by atoms with van der Waals surface area (Å²) in [7, 11) is 3.19. The fraction of sp³-hybridized carbons (Fsp3) is 0.478. The van der Waals surface area contributed by atoms with E-state index in [0.717, 1.165) is 26.9 Å². The molecule has 12 heteroatoms. The number of carbonyl (C=O) groups excluding carboxylic acids is 6. The smallest absolute Gasteiger partial charge is 0.328 e. The number of piperazine rings is 1. The molecule has 0 unspecified atom stereocenters. The van der Waals surface area contributed by atoms with Gasteiger partial charge in [0.1, 0.15) is 18.1 Å². The third kappa shape index (κ3) is 7.01. The Morgan fingerprint density at radius 2 is 1.37 bits per heavy atom. The molecule has 1 aromatic carbocycles. The van der Waals surface area contributed by atoms with Crippen molar-refractivity contribution >= 4 is 35.6 Å². The summed E-state index contributed by atoms with van der Waals surface area (Å²) in [6.07, 6.45) is -0.210. The van der Waals surface area contributed by atoms with Gasteiger partial charge in [0, 0.05) is 12.3 Å². The average molecular weight is 491 g/mol. The molecule has 0 bridgehead atoms. The monoisotopic (exact) mass is 491 g/mol. The summed E-state index contributed by atoms with van der Waals surface area (Å²) in [5.41, 5.74) is 0.852. The number of carbonyl (C=O) groups is 6. The number of hydrogen-bond donors (Lipinski definition) is 3. The van der Waals surface area contributed by atoms with E-state index in [9.17, 15) is 28.8 Å². The molecule has 0 aromatic heterocycles. The predicted octanol–water partition coefficient (Wildman–Crippen LogP) is -1.14. The van der Waals surface area contributed by atoms with Gasteiger partial charge in [0.25, 0.3) is 0 Å². The molecule has 3 amide bonds. The first-order valence-corrected chi connectivity index (χ1v) is 10.8. The van der Waals surface area contributed by atoms with Gasteiger partial charge in [-0.15, -0.1) is 0 Å². The number of esters is 3.